The van der Waals surface area contributed by atoms with Crippen molar-refractivity contribution in [1.29, 1.82) is 0 Å². The maximum atomic E-state index is 12.5. The third kappa shape index (κ3) is 5.10. The number of hydrogen-bond acceptors (Lipinski definition) is 5. The highest BCUT2D eigenvalue weighted by Gasteiger charge is 2.14. The number of ether oxygens (including phenoxy) is 1. The predicted molar refractivity (Wildman–Crippen MR) is 120 cm³/mol. The van der Waals surface area contributed by atoms with E-state index in [2.05, 4.69) is 15.2 Å². The molecule has 1 atom stereocenters. The summed E-state index contributed by atoms with van der Waals surface area (Å²) >= 11 is 0. The molecule has 4 rings (SSSR count). The van der Waals surface area contributed by atoms with Crippen LogP contribution in [0.1, 0.15) is 11.4 Å². The van der Waals surface area contributed by atoms with Crippen molar-refractivity contribution in [1.82, 2.24) is 9.38 Å². The maximum Gasteiger partial charge on any atom is 0.279 e. The summed E-state index contributed by atoms with van der Waals surface area (Å²) in [6.45, 7) is 5.89. The fourth-order valence-corrected chi connectivity index (χ4v) is 3.88. The Morgan fingerprint density at radius 3 is 2.65 bits per heavy atom. The van der Waals surface area contributed by atoms with Crippen LogP contribution in [-0.4, -0.2) is 55.2 Å². The number of fused-ring (bicyclic) bond motifs is 1. The van der Waals surface area contributed by atoms with Gasteiger partial charge in [-0.2, -0.15) is 0 Å². The molecule has 1 aliphatic rings. The summed E-state index contributed by atoms with van der Waals surface area (Å²) < 4.78 is 6.98. The molecule has 162 valence electrons. The number of amides is 1. The normalized spacial score (nSPS) is 15.1. The van der Waals surface area contributed by atoms with E-state index in [1.807, 2.05) is 56.4 Å². The summed E-state index contributed by atoms with van der Waals surface area (Å²) in [5.41, 5.74) is 3.95. The molecule has 1 unspecified atom stereocenters. The Kier molecular flexibility index (Phi) is 6.29. The van der Waals surface area contributed by atoms with Gasteiger partial charge < -0.3 is 19.9 Å². The number of morpholine rings is 1. The van der Waals surface area contributed by atoms with Crippen molar-refractivity contribution >= 4 is 22.9 Å². The number of hydrogen-bond donors (Lipinski definition) is 2. The minimum Gasteiger partial charge on any atom is -0.378 e. The van der Waals surface area contributed by atoms with E-state index in [0.29, 0.717) is 17.9 Å². The topological polar surface area (TPSA) is 80.4 Å². The second kappa shape index (κ2) is 9.28. The molecule has 8 nitrogen and oxygen atoms in total. The Balaban J connectivity index is 1.34. The molecule has 0 bridgehead atoms. The van der Waals surface area contributed by atoms with Gasteiger partial charge in [-0.25, -0.2) is 4.98 Å². The Bertz CT molecular complexity index is 1120. The second-order valence-corrected chi connectivity index (χ2v) is 7.95. The average molecular weight is 423 g/mol. The first-order valence-electron chi connectivity index (χ1n) is 10.5. The molecule has 0 spiro atoms. The first-order chi connectivity index (χ1) is 15.0. The zero-order valence-corrected chi connectivity index (χ0v) is 17.9. The molecular formula is C23H28N5O3+. The van der Waals surface area contributed by atoms with Gasteiger partial charge in [0, 0.05) is 36.2 Å². The minimum atomic E-state index is -0.101. The lowest BCUT2D eigenvalue weighted by Crippen LogP contribution is -3.08. The van der Waals surface area contributed by atoms with E-state index < -0.39 is 0 Å². The lowest BCUT2D eigenvalue weighted by molar-refractivity contribution is -0.885. The van der Waals surface area contributed by atoms with Crippen LogP contribution in [0.4, 0.5) is 11.4 Å². The summed E-state index contributed by atoms with van der Waals surface area (Å²) in [6.07, 6.45) is 0. The van der Waals surface area contributed by atoms with Gasteiger partial charge in [0.15, 0.2) is 6.54 Å². The van der Waals surface area contributed by atoms with Crippen molar-refractivity contribution in [3.05, 3.63) is 70.3 Å². The number of benzene rings is 1. The number of aryl methyl sites for hydroxylation is 1. The number of quaternary nitrogens is 1. The Morgan fingerprint density at radius 1 is 1.16 bits per heavy atom. The van der Waals surface area contributed by atoms with Crippen molar-refractivity contribution in [3.8, 4) is 0 Å². The van der Waals surface area contributed by atoms with E-state index in [9.17, 15) is 9.59 Å². The molecule has 1 saturated heterocycles. The first-order valence-corrected chi connectivity index (χ1v) is 10.5. The molecule has 0 saturated carbocycles. The lowest BCUT2D eigenvalue weighted by atomic mass is 10.2. The minimum absolute atomic E-state index is 0.0787. The van der Waals surface area contributed by atoms with Crippen LogP contribution in [0.15, 0.2) is 53.3 Å². The van der Waals surface area contributed by atoms with Gasteiger partial charge in [0.05, 0.1) is 20.3 Å². The number of carbonyl (C=O) groups is 1. The largest absolute Gasteiger partial charge is 0.378 e. The number of carbonyl (C=O) groups excluding carboxylic acids is 1. The van der Waals surface area contributed by atoms with Crippen molar-refractivity contribution in [2.45, 2.75) is 13.5 Å². The van der Waals surface area contributed by atoms with Crippen LogP contribution in [0.3, 0.4) is 0 Å². The van der Waals surface area contributed by atoms with Gasteiger partial charge in [-0.1, -0.05) is 6.07 Å². The van der Waals surface area contributed by atoms with Gasteiger partial charge in [-0.15, -0.1) is 0 Å². The molecule has 1 amide bonds. The van der Waals surface area contributed by atoms with E-state index in [1.54, 1.807) is 10.5 Å². The Morgan fingerprint density at radius 2 is 1.90 bits per heavy atom. The predicted octanol–water partition coefficient (Wildman–Crippen LogP) is 0.493. The fraction of sp³-hybridized carbons (Fsp3) is 0.348. The van der Waals surface area contributed by atoms with Crippen LogP contribution in [-0.2, 0) is 16.1 Å². The summed E-state index contributed by atoms with van der Waals surface area (Å²) in [5, 5.41) is 2.95. The van der Waals surface area contributed by atoms with Crippen molar-refractivity contribution in [2.75, 3.05) is 50.1 Å². The van der Waals surface area contributed by atoms with Gasteiger partial charge in [0.1, 0.15) is 17.9 Å². The monoisotopic (exact) mass is 422 g/mol. The summed E-state index contributed by atoms with van der Waals surface area (Å²) in [6, 6.07) is 15.0. The van der Waals surface area contributed by atoms with E-state index in [1.165, 1.54) is 0 Å². The number of nitrogens with one attached hydrogen (secondary N) is 2. The average Bonchev–Trinajstić information content (AvgIpc) is 2.74. The quantitative estimate of drug-likeness (QED) is 0.605. The van der Waals surface area contributed by atoms with Gasteiger partial charge >= 0.3 is 0 Å². The number of anilines is 2. The molecule has 2 aromatic heterocycles. The van der Waals surface area contributed by atoms with Crippen molar-refractivity contribution in [3.63, 3.8) is 0 Å². The number of aromatic nitrogens is 2. The van der Waals surface area contributed by atoms with Gasteiger partial charge in [-0.3, -0.25) is 14.0 Å². The zero-order chi connectivity index (χ0) is 21.8. The number of pyridine rings is 1. The lowest BCUT2D eigenvalue weighted by Gasteiger charge is -2.28. The number of nitrogens with zero attached hydrogens (tertiary/aromatic N) is 3. The molecule has 1 aliphatic heterocycles. The fourth-order valence-electron chi connectivity index (χ4n) is 3.88. The highest BCUT2D eigenvalue weighted by molar-refractivity contribution is 5.91. The molecule has 2 N–H and O–H groups in total. The highest BCUT2D eigenvalue weighted by atomic mass is 16.5. The highest BCUT2D eigenvalue weighted by Crippen LogP contribution is 2.18. The van der Waals surface area contributed by atoms with Crippen LogP contribution in [0, 0.1) is 6.92 Å². The van der Waals surface area contributed by atoms with Crippen LogP contribution in [0.25, 0.3) is 5.65 Å². The van der Waals surface area contributed by atoms with E-state index in [4.69, 9.17) is 4.74 Å². The third-order valence-electron chi connectivity index (χ3n) is 5.41. The Hall–Kier alpha value is -3.23. The summed E-state index contributed by atoms with van der Waals surface area (Å²) in [7, 11) is 1.92. The van der Waals surface area contributed by atoms with Gasteiger partial charge in [0.2, 0.25) is 0 Å². The van der Waals surface area contributed by atoms with E-state index >= 15 is 0 Å². The van der Waals surface area contributed by atoms with Crippen LogP contribution in [0.2, 0.25) is 0 Å². The van der Waals surface area contributed by atoms with Crippen LogP contribution in [0.5, 0.6) is 0 Å². The maximum absolute atomic E-state index is 12.5. The van der Waals surface area contributed by atoms with Gasteiger partial charge in [0.25, 0.3) is 11.5 Å². The molecule has 31 heavy (non-hydrogen) atoms. The molecule has 3 heterocycles. The van der Waals surface area contributed by atoms with Crippen LogP contribution < -0.4 is 20.7 Å². The molecule has 8 heteroatoms. The first kappa shape index (κ1) is 21.0. The molecule has 0 radical (unpaired) electrons. The van der Waals surface area contributed by atoms with Crippen molar-refractivity contribution in [2.24, 2.45) is 0 Å². The smallest absolute Gasteiger partial charge is 0.279 e. The second-order valence-electron chi connectivity index (χ2n) is 7.95. The van der Waals surface area contributed by atoms with E-state index in [-0.39, 0.29) is 18.0 Å². The molecule has 3 aromatic rings. The summed E-state index contributed by atoms with van der Waals surface area (Å²) in [4.78, 5) is 32.7. The Labute approximate surface area is 181 Å². The molecule has 1 fully saturated rings. The number of likely N-dealkylation sites (N-methyl/N-ethyl adjacent to an activating group) is 1. The number of rotatable bonds is 6. The molecule has 0 aliphatic carbocycles. The standard InChI is InChI=1S/C23H27N5O3/c1-17-4-3-5-21-24-19(14-23(30)28(17)21)15-26(2)16-22(29)25-18-6-8-20(9-7-18)27-10-12-31-13-11-27/h3-9,14H,10-13,15-16H2,1-2H3,(H,25,29)/p+1. The third-order valence-corrected chi connectivity index (χ3v) is 5.41. The SMILES string of the molecule is Cc1cccc2nc(C[NH+](C)CC(=O)Nc3ccc(N4CCOCC4)cc3)cc(=O)n12. The zero-order valence-electron chi connectivity index (χ0n) is 17.9. The van der Waals surface area contributed by atoms with Crippen molar-refractivity contribution < 1.29 is 14.4 Å². The van der Waals surface area contributed by atoms with Crippen LogP contribution >= 0.6 is 0 Å². The summed E-state index contributed by atoms with van der Waals surface area (Å²) in [5.74, 6) is -0.0787. The molecular weight excluding hydrogens is 394 g/mol. The van der Waals surface area contributed by atoms with E-state index in [0.717, 1.165) is 48.3 Å². The van der Waals surface area contributed by atoms with Gasteiger partial charge in [-0.05, 0) is 43.3 Å². The molecule has 1 aromatic carbocycles.